The van der Waals surface area contributed by atoms with Crippen LogP contribution in [0.15, 0.2) is 60.7 Å². The largest absolute Gasteiger partial charge is 0.459 e. The Labute approximate surface area is 260 Å². The molecule has 0 saturated heterocycles. The number of Topliss-reactive ketones (excluding diaryl/α,β-unsaturated/α-hetero) is 1. The predicted molar refractivity (Wildman–Crippen MR) is 165 cm³/mol. The first kappa shape index (κ1) is 36.0. The highest BCUT2D eigenvalue weighted by atomic mass is 16.6. The molecule has 0 saturated carbocycles. The van der Waals surface area contributed by atoms with Crippen LogP contribution in [0, 0.1) is 0 Å². The molecule has 10 heteroatoms. The third kappa shape index (κ3) is 15.3. The predicted octanol–water partition coefficient (Wildman–Crippen LogP) is 5.56. The first-order valence-electron chi connectivity index (χ1n) is 15.2. The summed E-state index contributed by atoms with van der Waals surface area (Å²) in [4.78, 5) is 63.5. The standard InChI is InChI=1S/C34H46N2O8/c1-5-6-18-27(37)19-13-20-28(32(40)44-34(2,3)4)35-30(38)22-21-29(31(39)42-23-25-14-9-7-10-15-25)36-33(41)43-24-26-16-11-8-12-17-26/h7-12,14-17,28-29H,5-6,13,18-24H2,1-4H3,(H,35,38)(H,36,41)/t28-,29-/m0/s1. The van der Waals surface area contributed by atoms with E-state index in [2.05, 4.69) is 10.6 Å². The van der Waals surface area contributed by atoms with Crippen molar-refractivity contribution < 1.29 is 38.2 Å². The van der Waals surface area contributed by atoms with E-state index in [9.17, 15) is 24.0 Å². The zero-order valence-corrected chi connectivity index (χ0v) is 26.3. The Balaban J connectivity index is 2.02. The minimum atomic E-state index is -1.18. The van der Waals surface area contributed by atoms with E-state index in [1.54, 1.807) is 45.0 Å². The van der Waals surface area contributed by atoms with E-state index in [0.717, 1.165) is 24.0 Å². The Morgan fingerprint density at radius 3 is 1.80 bits per heavy atom. The van der Waals surface area contributed by atoms with Crippen LogP contribution in [0.5, 0.6) is 0 Å². The van der Waals surface area contributed by atoms with Crippen LogP contribution in [-0.2, 0) is 46.6 Å². The maximum Gasteiger partial charge on any atom is 0.408 e. The van der Waals surface area contributed by atoms with E-state index in [1.807, 2.05) is 43.3 Å². The summed E-state index contributed by atoms with van der Waals surface area (Å²) in [5.74, 6) is -1.73. The average molecular weight is 611 g/mol. The lowest BCUT2D eigenvalue weighted by Gasteiger charge is -2.25. The van der Waals surface area contributed by atoms with Crippen molar-refractivity contribution in [3.63, 3.8) is 0 Å². The van der Waals surface area contributed by atoms with Crippen LogP contribution >= 0.6 is 0 Å². The summed E-state index contributed by atoms with van der Waals surface area (Å²) in [6.45, 7) is 7.18. The molecule has 2 aromatic rings. The quantitative estimate of drug-likeness (QED) is 0.165. The molecule has 0 aliphatic heterocycles. The molecule has 0 fully saturated rings. The van der Waals surface area contributed by atoms with Gasteiger partial charge in [-0.05, 0) is 57.6 Å². The van der Waals surface area contributed by atoms with Crippen molar-refractivity contribution in [3.8, 4) is 0 Å². The number of ketones is 1. The maximum absolute atomic E-state index is 13.0. The molecular formula is C34H46N2O8. The Bertz CT molecular complexity index is 1190. The van der Waals surface area contributed by atoms with Crippen molar-refractivity contribution in [2.45, 2.75) is 110 Å². The van der Waals surface area contributed by atoms with Gasteiger partial charge >= 0.3 is 18.0 Å². The summed E-state index contributed by atoms with van der Waals surface area (Å²) >= 11 is 0. The second-order valence-electron chi connectivity index (χ2n) is 11.6. The van der Waals surface area contributed by atoms with Gasteiger partial charge in [-0.15, -0.1) is 0 Å². The Kier molecular flexibility index (Phi) is 15.7. The molecule has 0 aliphatic rings. The average Bonchev–Trinajstić information content (AvgIpc) is 2.99. The number of hydrogen-bond acceptors (Lipinski definition) is 8. The summed E-state index contributed by atoms with van der Waals surface area (Å²) in [7, 11) is 0. The highest BCUT2D eigenvalue weighted by Gasteiger charge is 2.28. The number of unbranched alkanes of at least 4 members (excludes halogenated alkanes) is 1. The van der Waals surface area contributed by atoms with E-state index in [0.29, 0.717) is 19.3 Å². The van der Waals surface area contributed by atoms with Crippen molar-refractivity contribution in [2.75, 3.05) is 0 Å². The number of carbonyl (C=O) groups excluding carboxylic acids is 5. The highest BCUT2D eigenvalue weighted by molar-refractivity contribution is 5.86. The Hall–Kier alpha value is -4.21. The second kappa shape index (κ2) is 19.1. The van der Waals surface area contributed by atoms with Gasteiger partial charge in [0.2, 0.25) is 5.91 Å². The number of carbonyl (C=O) groups is 5. The first-order valence-corrected chi connectivity index (χ1v) is 15.2. The number of ether oxygens (including phenoxy) is 3. The molecule has 2 atom stereocenters. The van der Waals surface area contributed by atoms with Crippen molar-refractivity contribution >= 4 is 29.7 Å². The van der Waals surface area contributed by atoms with Gasteiger partial charge in [-0.3, -0.25) is 9.59 Å². The monoisotopic (exact) mass is 610 g/mol. The maximum atomic E-state index is 13.0. The summed E-state index contributed by atoms with van der Waals surface area (Å²) in [5, 5.41) is 5.19. The number of nitrogens with one attached hydrogen (secondary N) is 2. The third-order valence-electron chi connectivity index (χ3n) is 6.46. The van der Waals surface area contributed by atoms with Crippen molar-refractivity contribution in [2.24, 2.45) is 0 Å². The number of esters is 2. The van der Waals surface area contributed by atoms with Crippen LogP contribution in [0.4, 0.5) is 4.79 Å². The molecule has 10 nitrogen and oxygen atoms in total. The smallest absolute Gasteiger partial charge is 0.408 e. The van der Waals surface area contributed by atoms with Gasteiger partial charge in [-0.2, -0.15) is 0 Å². The Morgan fingerprint density at radius 1 is 0.682 bits per heavy atom. The summed E-state index contributed by atoms with van der Waals surface area (Å²) < 4.78 is 16.2. The topological polar surface area (TPSA) is 137 Å². The molecule has 240 valence electrons. The SMILES string of the molecule is CCCCC(=O)CCC[C@H](NC(=O)CC[C@H](NC(=O)OCc1ccccc1)C(=O)OCc1ccccc1)C(=O)OC(C)(C)C. The number of benzene rings is 2. The fraction of sp³-hybridized carbons (Fsp3) is 0.500. The van der Waals surface area contributed by atoms with Crippen molar-refractivity contribution in [1.82, 2.24) is 10.6 Å². The molecule has 2 N–H and O–H groups in total. The molecule has 0 aromatic heterocycles. The van der Waals surface area contributed by atoms with Crippen LogP contribution < -0.4 is 10.6 Å². The van der Waals surface area contributed by atoms with Crippen LogP contribution in [-0.4, -0.2) is 47.4 Å². The van der Waals surface area contributed by atoms with Crippen LogP contribution in [0.2, 0.25) is 0 Å². The number of rotatable bonds is 18. The molecule has 0 aliphatic carbocycles. The molecule has 2 rings (SSSR count). The van der Waals surface area contributed by atoms with E-state index in [-0.39, 0.29) is 38.3 Å². The van der Waals surface area contributed by atoms with Gasteiger partial charge < -0.3 is 24.8 Å². The fourth-order valence-electron chi connectivity index (χ4n) is 4.15. The van der Waals surface area contributed by atoms with E-state index < -0.39 is 41.6 Å². The molecule has 2 aromatic carbocycles. The van der Waals surface area contributed by atoms with Crippen molar-refractivity contribution in [3.05, 3.63) is 71.8 Å². The van der Waals surface area contributed by atoms with Gasteiger partial charge in [0.1, 0.15) is 36.7 Å². The molecule has 0 heterocycles. The Morgan fingerprint density at radius 2 is 1.23 bits per heavy atom. The van der Waals surface area contributed by atoms with E-state index >= 15 is 0 Å². The normalized spacial score (nSPS) is 12.4. The highest BCUT2D eigenvalue weighted by Crippen LogP contribution is 2.14. The van der Waals surface area contributed by atoms with Gasteiger partial charge in [0, 0.05) is 19.3 Å². The van der Waals surface area contributed by atoms with Crippen molar-refractivity contribution in [1.29, 1.82) is 0 Å². The van der Waals surface area contributed by atoms with E-state index in [4.69, 9.17) is 14.2 Å². The lowest BCUT2D eigenvalue weighted by atomic mass is 10.0. The molecule has 0 unspecified atom stereocenters. The van der Waals surface area contributed by atoms with Gasteiger partial charge in [0.05, 0.1) is 0 Å². The van der Waals surface area contributed by atoms with Crippen LogP contribution in [0.25, 0.3) is 0 Å². The number of alkyl carbamates (subject to hydrolysis) is 1. The molecule has 44 heavy (non-hydrogen) atoms. The van der Waals surface area contributed by atoms with Gasteiger partial charge in [0.15, 0.2) is 0 Å². The fourth-order valence-corrected chi connectivity index (χ4v) is 4.15. The lowest BCUT2D eigenvalue weighted by molar-refractivity contribution is -0.159. The van der Waals surface area contributed by atoms with Gasteiger partial charge in [0.25, 0.3) is 0 Å². The lowest BCUT2D eigenvalue weighted by Crippen LogP contribution is -2.46. The summed E-state index contributed by atoms with van der Waals surface area (Å²) in [6.07, 6.45) is 2.03. The number of hydrogen-bond donors (Lipinski definition) is 2. The zero-order valence-electron chi connectivity index (χ0n) is 26.3. The van der Waals surface area contributed by atoms with Gasteiger partial charge in [-0.25, -0.2) is 14.4 Å². The van der Waals surface area contributed by atoms with E-state index in [1.165, 1.54) is 0 Å². The molecular weight excluding hydrogens is 564 g/mol. The molecule has 0 bridgehead atoms. The summed E-state index contributed by atoms with van der Waals surface area (Å²) in [5.41, 5.74) is 0.761. The summed E-state index contributed by atoms with van der Waals surface area (Å²) in [6, 6.07) is 16.0. The molecule has 0 radical (unpaired) electrons. The van der Waals surface area contributed by atoms with Crippen LogP contribution in [0.3, 0.4) is 0 Å². The molecule has 2 amide bonds. The number of amides is 2. The minimum absolute atomic E-state index is 0.00252. The second-order valence-corrected chi connectivity index (χ2v) is 11.6. The zero-order chi connectivity index (χ0) is 32.4. The van der Waals surface area contributed by atoms with Gasteiger partial charge in [-0.1, -0.05) is 74.0 Å². The minimum Gasteiger partial charge on any atom is -0.459 e. The first-order chi connectivity index (χ1) is 21.0. The third-order valence-corrected chi connectivity index (χ3v) is 6.46. The molecule has 0 spiro atoms. The van der Waals surface area contributed by atoms with Crippen LogP contribution in [0.1, 0.15) is 90.2 Å².